The lowest BCUT2D eigenvalue weighted by atomic mass is 10.2. The lowest BCUT2D eigenvalue weighted by molar-refractivity contribution is 0.221. The zero-order valence-corrected chi connectivity index (χ0v) is 20.7. The lowest BCUT2D eigenvalue weighted by Gasteiger charge is -2.24. The summed E-state index contributed by atoms with van der Waals surface area (Å²) in [5.74, 6) is 0.437. The Hall–Kier alpha value is -1.66. The van der Waals surface area contributed by atoms with Crippen molar-refractivity contribution in [2.24, 2.45) is 4.99 Å². The van der Waals surface area contributed by atoms with Crippen LogP contribution in [-0.4, -0.2) is 57.8 Å². The second-order valence-electron chi connectivity index (χ2n) is 7.17. The van der Waals surface area contributed by atoms with E-state index in [-0.39, 0.29) is 47.2 Å². The number of guanidine groups is 1. The summed E-state index contributed by atoms with van der Waals surface area (Å²) in [6.07, 6.45) is 3.99. The van der Waals surface area contributed by atoms with Gasteiger partial charge in [0.15, 0.2) is 15.8 Å². The molecule has 1 aromatic carbocycles. The maximum absolute atomic E-state index is 13.8. The molecule has 3 rings (SSSR count). The molecule has 1 unspecified atom stereocenters. The summed E-state index contributed by atoms with van der Waals surface area (Å²) in [7, 11) is -3.72. The first-order chi connectivity index (χ1) is 14.5. The van der Waals surface area contributed by atoms with Crippen LogP contribution in [0.15, 0.2) is 57.0 Å². The molecular formula is C21H30FIN4O3S. The van der Waals surface area contributed by atoms with Crippen LogP contribution in [0, 0.1) is 5.82 Å². The Labute approximate surface area is 200 Å². The van der Waals surface area contributed by atoms with Crippen LogP contribution in [0.3, 0.4) is 0 Å². The molecule has 1 atom stereocenters. The van der Waals surface area contributed by atoms with Gasteiger partial charge >= 0.3 is 0 Å². The Morgan fingerprint density at radius 1 is 1.19 bits per heavy atom. The highest BCUT2D eigenvalue weighted by Crippen LogP contribution is 2.25. The summed E-state index contributed by atoms with van der Waals surface area (Å²) in [5, 5.41) is 6.18. The summed E-state index contributed by atoms with van der Waals surface area (Å²) in [6, 6.07) is 9.30. The number of likely N-dealkylation sites (tertiary alicyclic amines) is 1. The van der Waals surface area contributed by atoms with Gasteiger partial charge in [0.05, 0.1) is 24.6 Å². The van der Waals surface area contributed by atoms with Gasteiger partial charge < -0.3 is 15.1 Å². The van der Waals surface area contributed by atoms with Crippen LogP contribution in [-0.2, 0) is 9.84 Å². The molecule has 1 aliphatic heterocycles. The number of furan rings is 1. The average molecular weight is 564 g/mol. The third kappa shape index (κ3) is 7.18. The van der Waals surface area contributed by atoms with Gasteiger partial charge in [-0.1, -0.05) is 12.1 Å². The number of benzene rings is 1. The van der Waals surface area contributed by atoms with Gasteiger partial charge in [-0.2, -0.15) is 0 Å². The number of aliphatic imine (C=N–C) groups is 1. The van der Waals surface area contributed by atoms with Crippen molar-refractivity contribution in [2.75, 3.05) is 38.5 Å². The summed E-state index contributed by atoms with van der Waals surface area (Å²) in [6.45, 7) is 5.21. The molecule has 0 radical (unpaired) electrons. The van der Waals surface area contributed by atoms with Gasteiger partial charge in [-0.25, -0.2) is 12.8 Å². The third-order valence-electron chi connectivity index (χ3n) is 5.05. The van der Waals surface area contributed by atoms with Crippen molar-refractivity contribution in [2.45, 2.75) is 30.7 Å². The first-order valence-electron chi connectivity index (χ1n) is 10.3. The van der Waals surface area contributed by atoms with Crippen molar-refractivity contribution in [3.63, 3.8) is 0 Å². The predicted molar refractivity (Wildman–Crippen MR) is 130 cm³/mol. The van der Waals surface area contributed by atoms with E-state index < -0.39 is 15.7 Å². The maximum atomic E-state index is 13.8. The topological polar surface area (TPSA) is 86.9 Å². The standard InChI is InChI=1S/C21H29FN4O3S.HI/c1-2-23-21(24-11-15-30(27,28)20-10-4-3-8-17(20)22)25-16-18(19-9-7-14-29-19)26-12-5-6-13-26;/h3-4,7-10,14,18H,2,5-6,11-13,15-16H2,1H3,(H2,23,24,25);1H. The van der Waals surface area contributed by atoms with Gasteiger partial charge in [0.1, 0.15) is 16.5 Å². The Bertz CT molecular complexity index is 932. The van der Waals surface area contributed by atoms with Crippen LogP contribution in [0.5, 0.6) is 0 Å². The number of hydrogen-bond donors (Lipinski definition) is 2. The summed E-state index contributed by atoms with van der Waals surface area (Å²) < 4.78 is 44.3. The van der Waals surface area contributed by atoms with Crippen LogP contribution >= 0.6 is 24.0 Å². The molecule has 31 heavy (non-hydrogen) atoms. The van der Waals surface area contributed by atoms with Gasteiger partial charge in [-0.15, -0.1) is 24.0 Å². The molecule has 1 aliphatic rings. The van der Waals surface area contributed by atoms with Gasteiger partial charge in [0, 0.05) is 13.1 Å². The predicted octanol–water partition coefficient (Wildman–Crippen LogP) is 3.20. The molecule has 10 heteroatoms. The van der Waals surface area contributed by atoms with Crippen LogP contribution < -0.4 is 10.6 Å². The van der Waals surface area contributed by atoms with Crippen molar-refractivity contribution in [1.82, 2.24) is 15.5 Å². The van der Waals surface area contributed by atoms with Gasteiger partial charge in [0.2, 0.25) is 0 Å². The lowest BCUT2D eigenvalue weighted by Crippen LogP contribution is -2.40. The van der Waals surface area contributed by atoms with Gasteiger partial charge in [-0.05, 0) is 57.1 Å². The zero-order valence-electron chi connectivity index (χ0n) is 17.6. The molecule has 2 heterocycles. The van der Waals surface area contributed by atoms with Crippen molar-refractivity contribution in [3.8, 4) is 0 Å². The van der Waals surface area contributed by atoms with E-state index in [4.69, 9.17) is 4.42 Å². The molecule has 1 saturated heterocycles. The number of nitrogens with zero attached hydrogens (tertiary/aromatic N) is 2. The Balaban J connectivity index is 0.00000341. The van der Waals surface area contributed by atoms with Crippen molar-refractivity contribution in [3.05, 3.63) is 54.2 Å². The summed E-state index contributed by atoms with van der Waals surface area (Å²) >= 11 is 0. The summed E-state index contributed by atoms with van der Waals surface area (Å²) in [5.41, 5.74) is 0. The van der Waals surface area contributed by atoms with Crippen molar-refractivity contribution >= 4 is 39.8 Å². The molecule has 0 saturated carbocycles. The van der Waals surface area contributed by atoms with E-state index in [1.54, 1.807) is 6.26 Å². The largest absolute Gasteiger partial charge is 0.468 e. The third-order valence-corrected chi connectivity index (χ3v) is 6.80. The van der Waals surface area contributed by atoms with Crippen molar-refractivity contribution < 1.29 is 17.2 Å². The Morgan fingerprint density at radius 2 is 1.94 bits per heavy atom. The fourth-order valence-electron chi connectivity index (χ4n) is 3.55. The average Bonchev–Trinajstić information content (AvgIpc) is 3.43. The highest BCUT2D eigenvalue weighted by atomic mass is 127. The minimum atomic E-state index is -3.72. The first-order valence-corrected chi connectivity index (χ1v) is 11.9. The van der Waals surface area contributed by atoms with E-state index in [0.717, 1.165) is 37.8 Å². The SMILES string of the molecule is CCNC(=NCC(c1ccco1)N1CCCC1)NCCS(=O)(=O)c1ccccc1F.I. The quantitative estimate of drug-likeness (QED) is 0.277. The molecule has 1 aromatic heterocycles. The Kier molecular flexibility index (Phi) is 10.2. The van der Waals surface area contributed by atoms with Gasteiger partial charge in [0.25, 0.3) is 0 Å². The highest BCUT2D eigenvalue weighted by Gasteiger charge is 2.25. The molecule has 1 fully saturated rings. The van der Waals surface area contributed by atoms with Gasteiger partial charge in [-0.3, -0.25) is 9.89 Å². The van der Waals surface area contributed by atoms with E-state index in [1.807, 2.05) is 19.1 Å². The van der Waals surface area contributed by atoms with E-state index in [0.29, 0.717) is 19.0 Å². The van der Waals surface area contributed by atoms with E-state index in [2.05, 4.69) is 20.5 Å². The van der Waals surface area contributed by atoms with Crippen molar-refractivity contribution in [1.29, 1.82) is 0 Å². The zero-order chi connectivity index (χ0) is 21.4. The second kappa shape index (κ2) is 12.4. The van der Waals surface area contributed by atoms with Crippen LogP contribution in [0.2, 0.25) is 0 Å². The normalized spacial score (nSPS) is 16.0. The van der Waals surface area contributed by atoms with E-state index in [9.17, 15) is 12.8 Å². The molecule has 0 spiro atoms. The monoisotopic (exact) mass is 564 g/mol. The molecule has 172 valence electrons. The number of halogens is 2. The molecule has 0 amide bonds. The smallest absolute Gasteiger partial charge is 0.191 e. The number of nitrogens with one attached hydrogen (secondary N) is 2. The maximum Gasteiger partial charge on any atom is 0.191 e. The molecule has 0 aliphatic carbocycles. The molecule has 2 N–H and O–H groups in total. The fraction of sp³-hybridized carbons (Fsp3) is 0.476. The molecule has 7 nitrogen and oxygen atoms in total. The van der Waals surface area contributed by atoms with E-state index in [1.165, 1.54) is 18.2 Å². The van der Waals surface area contributed by atoms with E-state index >= 15 is 0 Å². The molecule has 2 aromatic rings. The minimum absolute atomic E-state index is 0. The van der Waals surface area contributed by atoms with Crippen LogP contribution in [0.25, 0.3) is 0 Å². The van der Waals surface area contributed by atoms with Crippen LogP contribution in [0.4, 0.5) is 4.39 Å². The fourth-order valence-corrected chi connectivity index (χ4v) is 4.79. The number of rotatable bonds is 9. The summed E-state index contributed by atoms with van der Waals surface area (Å²) in [4.78, 5) is 6.73. The highest BCUT2D eigenvalue weighted by molar-refractivity contribution is 14.0. The molecule has 0 bridgehead atoms. The van der Waals surface area contributed by atoms with Crippen LogP contribution in [0.1, 0.15) is 31.6 Å². The second-order valence-corrected chi connectivity index (χ2v) is 9.25. The number of hydrogen-bond acceptors (Lipinski definition) is 5. The number of sulfone groups is 1. The molecular weight excluding hydrogens is 534 g/mol. The minimum Gasteiger partial charge on any atom is -0.468 e. The Morgan fingerprint density at radius 3 is 2.58 bits per heavy atom. The first kappa shape index (κ1) is 25.6.